The second kappa shape index (κ2) is 12.2. The van der Waals surface area contributed by atoms with Crippen molar-refractivity contribution in [2.75, 3.05) is 24.7 Å². The van der Waals surface area contributed by atoms with Crippen molar-refractivity contribution in [2.45, 2.75) is 51.6 Å². The maximum absolute atomic E-state index is 14.1. The number of carbonyl (C=O) groups excluding carboxylic acids is 2. The summed E-state index contributed by atoms with van der Waals surface area (Å²) in [6.45, 7) is 4.17. The SMILES string of the molecule is CCN(C(=O)C(Cc1ccc(F)cc1)NC(=O)c1cccc(C(F)(F)F)c1)c1c(C)c(CO)nn1C1CCOC1. The number of nitrogens with one attached hydrogen (secondary N) is 1. The first-order chi connectivity index (χ1) is 19.0. The number of halogens is 4. The number of hydrogen-bond donors (Lipinski definition) is 2. The molecule has 8 nitrogen and oxygen atoms in total. The van der Waals surface area contributed by atoms with Gasteiger partial charge in [-0.25, -0.2) is 9.07 Å². The number of aliphatic hydroxyl groups is 1. The molecule has 12 heteroatoms. The molecule has 2 aromatic carbocycles. The zero-order chi connectivity index (χ0) is 29.0. The van der Waals surface area contributed by atoms with Crippen LogP contribution in [0.15, 0.2) is 48.5 Å². The maximum Gasteiger partial charge on any atom is 0.416 e. The summed E-state index contributed by atoms with van der Waals surface area (Å²) < 4.78 is 60.5. The summed E-state index contributed by atoms with van der Waals surface area (Å²) in [7, 11) is 0. The average molecular weight is 563 g/mol. The number of aromatic nitrogens is 2. The monoisotopic (exact) mass is 562 g/mol. The zero-order valence-electron chi connectivity index (χ0n) is 22.0. The molecule has 1 saturated heterocycles. The molecule has 3 aromatic rings. The van der Waals surface area contributed by atoms with E-state index in [1.165, 1.54) is 35.2 Å². The van der Waals surface area contributed by atoms with Crippen molar-refractivity contribution >= 4 is 17.6 Å². The first kappa shape index (κ1) is 29.2. The number of ether oxygens (including phenoxy) is 1. The van der Waals surface area contributed by atoms with Crippen molar-refractivity contribution in [3.8, 4) is 0 Å². The van der Waals surface area contributed by atoms with Crippen molar-refractivity contribution in [3.63, 3.8) is 0 Å². The van der Waals surface area contributed by atoms with E-state index in [4.69, 9.17) is 4.74 Å². The van der Waals surface area contributed by atoms with Crippen LogP contribution in [0, 0.1) is 12.7 Å². The summed E-state index contributed by atoms with van der Waals surface area (Å²) >= 11 is 0. The first-order valence-electron chi connectivity index (χ1n) is 12.8. The molecule has 214 valence electrons. The third-order valence-corrected chi connectivity index (χ3v) is 6.86. The fraction of sp³-hybridized carbons (Fsp3) is 0.393. The fourth-order valence-corrected chi connectivity index (χ4v) is 4.73. The van der Waals surface area contributed by atoms with Gasteiger partial charge in [-0.15, -0.1) is 0 Å². The molecule has 1 aromatic heterocycles. The lowest BCUT2D eigenvalue weighted by molar-refractivity contribution is -0.137. The van der Waals surface area contributed by atoms with Crippen molar-refractivity contribution in [1.29, 1.82) is 0 Å². The Labute approximate surface area is 228 Å². The lowest BCUT2D eigenvalue weighted by Crippen LogP contribution is -2.50. The van der Waals surface area contributed by atoms with Gasteiger partial charge < -0.3 is 15.2 Å². The van der Waals surface area contributed by atoms with Crippen LogP contribution in [0.4, 0.5) is 23.4 Å². The lowest BCUT2D eigenvalue weighted by Gasteiger charge is -2.29. The summed E-state index contributed by atoms with van der Waals surface area (Å²) in [6.07, 6.45) is -4.05. The van der Waals surface area contributed by atoms with E-state index in [1.807, 2.05) is 0 Å². The molecule has 40 heavy (non-hydrogen) atoms. The van der Waals surface area contributed by atoms with Gasteiger partial charge in [0.15, 0.2) is 0 Å². The van der Waals surface area contributed by atoms with Gasteiger partial charge in [-0.3, -0.25) is 14.5 Å². The third kappa shape index (κ3) is 6.34. The summed E-state index contributed by atoms with van der Waals surface area (Å²) in [5.74, 6) is -1.46. The van der Waals surface area contributed by atoms with Gasteiger partial charge >= 0.3 is 6.18 Å². The molecule has 2 N–H and O–H groups in total. The predicted octanol–water partition coefficient (Wildman–Crippen LogP) is 4.20. The highest BCUT2D eigenvalue weighted by atomic mass is 19.4. The molecule has 0 spiro atoms. The normalized spacial score (nSPS) is 16.1. The Balaban J connectivity index is 1.71. The van der Waals surface area contributed by atoms with Gasteiger partial charge in [0.1, 0.15) is 17.7 Å². The van der Waals surface area contributed by atoms with Crippen LogP contribution in [0.25, 0.3) is 0 Å². The number of benzene rings is 2. The highest BCUT2D eigenvalue weighted by molar-refractivity contribution is 6.02. The Morgan fingerprint density at radius 3 is 2.55 bits per heavy atom. The number of nitrogens with zero attached hydrogens (tertiary/aromatic N) is 3. The molecule has 2 atom stereocenters. The van der Waals surface area contributed by atoms with Gasteiger partial charge in [-0.2, -0.15) is 18.3 Å². The molecule has 1 aliphatic rings. The molecule has 1 fully saturated rings. The van der Waals surface area contributed by atoms with Crippen LogP contribution < -0.4 is 10.2 Å². The number of aliphatic hydroxyl groups excluding tert-OH is 1. The molecule has 0 bridgehead atoms. The van der Waals surface area contributed by atoms with Crippen molar-refractivity contribution < 1.29 is 37.0 Å². The minimum atomic E-state index is -4.65. The summed E-state index contributed by atoms with van der Waals surface area (Å²) in [5.41, 5.74) is 0.240. The molecule has 2 unspecified atom stereocenters. The minimum absolute atomic E-state index is 0.0487. The molecule has 2 heterocycles. The molecular formula is C28H30F4N4O4. The number of anilines is 1. The number of rotatable bonds is 9. The Morgan fingerprint density at radius 1 is 1.23 bits per heavy atom. The third-order valence-electron chi connectivity index (χ3n) is 6.86. The smallest absolute Gasteiger partial charge is 0.390 e. The van der Waals surface area contributed by atoms with Crippen LogP contribution in [0.2, 0.25) is 0 Å². The Morgan fingerprint density at radius 2 is 1.95 bits per heavy atom. The van der Waals surface area contributed by atoms with Crippen LogP contribution in [-0.4, -0.2) is 52.5 Å². The van der Waals surface area contributed by atoms with E-state index in [0.717, 1.165) is 18.2 Å². The average Bonchev–Trinajstić information content (AvgIpc) is 3.58. The number of carbonyl (C=O) groups is 2. The number of hydrogen-bond acceptors (Lipinski definition) is 5. The quantitative estimate of drug-likeness (QED) is 0.381. The fourth-order valence-electron chi connectivity index (χ4n) is 4.73. The van der Waals surface area contributed by atoms with E-state index in [-0.39, 0.29) is 31.2 Å². The predicted molar refractivity (Wildman–Crippen MR) is 138 cm³/mol. The van der Waals surface area contributed by atoms with Crippen LogP contribution in [-0.2, 0) is 28.7 Å². The number of amides is 2. The highest BCUT2D eigenvalue weighted by Gasteiger charge is 2.34. The van der Waals surface area contributed by atoms with E-state index in [0.29, 0.717) is 42.3 Å². The minimum Gasteiger partial charge on any atom is -0.390 e. The van der Waals surface area contributed by atoms with E-state index in [1.54, 1.807) is 18.5 Å². The first-order valence-corrected chi connectivity index (χ1v) is 12.8. The van der Waals surface area contributed by atoms with Crippen LogP contribution >= 0.6 is 0 Å². The Kier molecular flexibility index (Phi) is 8.89. The van der Waals surface area contributed by atoms with Gasteiger partial charge in [0.2, 0.25) is 0 Å². The van der Waals surface area contributed by atoms with E-state index < -0.39 is 35.4 Å². The Hall–Kier alpha value is -3.77. The second-order valence-electron chi connectivity index (χ2n) is 9.53. The van der Waals surface area contributed by atoms with Gasteiger partial charge in [0.25, 0.3) is 11.8 Å². The largest absolute Gasteiger partial charge is 0.416 e. The number of alkyl halides is 3. The van der Waals surface area contributed by atoms with Gasteiger partial charge in [0, 0.05) is 30.7 Å². The van der Waals surface area contributed by atoms with Crippen molar-refractivity contribution in [3.05, 3.63) is 82.3 Å². The molecule has 1 aliphatic heterocycles. The Bertz CT molecular complexity index is 1350. The lowest BCUT2D eigenvalue weighted by atomic mass is 10.0. The van der Waals surface area contributed by atoms with Crippen molar-refractivity contribution in [1.82, 2.24) is 15.1 Å². The molecule has 4 rings (SSSR count). The summed E-state index contributed by atoms with van der Waals surface area (Å²) in [4.78, 5) is 28.7. The van der Waals surface area contributed by atoms with Crippen molar-refractivity contribution in [2.24, 2.45) is 0 Å². The summed E-state index contributed by atoms with van der Waals surface area (Å²) in [6, 6.07) is 7.91. The van der Waals surface area contributed by atoms with Crippen LogP contribution in [0.1, 0.15) is 52.1 Å². The van der Waals surface area contributed by atoms with Gasteiger partial charge in [-0.1, -0.05) is 18.2 Å². The van der Waals surface area contributed by atoms with E-state index in [9.17, 15) is 32.3 Å². The maximum atomic E-state index is 14.1. The molecule has 0 saturated carbocycles. The number of likely N-dealkylation sites (N-methyl/N-ethyl adjacent to an activating group) is 1. The van der Waals surface area contributed by atoms with Crippen LogP contribution in [0.3, 0.4) is 0 Å². The van der Waals surface area contributed by atoms with Gasteiger partial charge in [-0.05, 0) is 56.2 Å². The molecule has 2 amide bonds. The topological polar surface area (TPSA) is 96.7 Å². The van der Waals surface area contributed by atoms with Crippen LogP contribution in [0.5, 0.6) is 0 Å². The second-order valence-corrected chi connectivity index (χ2v) is 9.53. The molecular weight excluding hydrogens is 532 g/mol. The standard InChI is InChI=1S/C28H30F4N4O4/c1-3-35(26-17(2)24(15-37)34-36(26)22-11-12-40-16-22)27(39)23(13-18-7-9-21(29)10-8-18)33-25(38)19-5-4-6-20(14-19)28(30,31)32/h4-10,14,22-23,37H,3,11-13,15-16H2,1-2H3,(H,33,38). The summed E-state index contributed by atoms with van der Waals surface area (Å²) in [5, 5.41) is 17.0. The van der Waals surface area contributed by atoms with E-state index in [2.05, 4.69) is 10.4 Å². The highest BCUT2D eigenvalue weighted by Crippen LogP contribution is 2.32. The van der Waals surface area contributed by atoms with E-state index >= 15 is 0 Å². The molecule has 0 aliphatic carbocycles. The van der Waals surface area contributed by atoms with Gasteiger partial charge in [0.05, 0.1) is 30.5 Å². The molecule has 0 radical (unpaired) electrons. The zero-order valence-corrected chi connectivity index (χ0v) is 22.0.